The van der Waals surface area contributed by atoms with Crippen LogP contribution in [0.25, 0.3) is 0 Å². The Morgan fingerprint density at radius 3 is 2.78 bits per heavy atom. The molecule has 1 saturated heterocycles. The van der Waals surface area contributed by atoms with Crippen molar-refractivity contribution in [3.05, 3.63) is 29.3 Å². The lowest BCUT2D eigenvalue weighted by Gasteiger charge is -2.26. The Labute approximate surface area is 142 Å². The van der Waals surface area contributed by atoms with E-state index in [1.807, 2.05) is 12.1 Å². The van der Waals surface area contributed by atoms with Crippen LogP contribution < -0.4 is 15.8 Å². The van der Waals surface area contributed by atoms with E-state index in [1.165, 1.54) is 0 Å². The van der Waals surface area contributed by atoms with E-state index in [0.717, 1.165) is 51.6 Å². The summed E-state index contributed by atoms with van der Waals surface area (Å²) in [7, 11) is 0. The molecule has 1 aliphatic rings. The van der Waals surface area contributed by atoms with Crippen molar-refractivity contribution < 1.29 is 9.47 Å². The molecule has 1 aromatic rings. The van der Waals surface area contributed by atoms with Crippen LogP contribution in [0.15, 0.2) is 29.3 Å². The Kier molecular flexibility index (Phi) is 8.00. The minimum absolute atomic E-state index is 0.465. The molecule has 2 rings (SSSR count). The summed E-state index contributed by atoms with van der Waals surface area (Å²) in [6.45, 7) is 6.60. The van der Waals surface area contributed by atoms with Crippen LogP contribution in [-0.2, 0) is 4.74 Å². The molecule has 23 heavy (non-hydrogen) atoms. The molecule has 0 atom stereocenters. The molecule has 0 amide bonds. The average molecular weight is 341 g/mol. The second-order valence-electron chi connectivity index (χ2n) is 5.30. The first-order valence-electron chi connectivity index (χ1n) is 7.96. The van der Waals surface area contributed by atoms with Crippen LogP contribution in [0.5, 0.6) is 5.75 Å². The van der Waals surface area contributed by atoms with E-state index in [4.69, 9.17) is 26.8 Å². The lowest BCUT2D eigenvalue weighted by molar-refractivity contribution is 0.0377. The van der Waals surface area contributed by atoms with Gasteiger partial charge in [-0.1, -0.05) is 11.6 Å². The van der Waals surface area contributed by atoms with Crippen molar-refractivity contribution in [2.24, 2.45) is 10.7 Å². The molecular weight excluding hydrogens is 316 g/mol. The standard InChI is InChI=1S/C16H25ClN4O2/c17-14-2-4-15(5-3-14)23-11-7-20-16(18)19-6-1-8-21-9-12-22-13-10-21/h2-5H,1,6-13H2,(H3,18,19,20). The van der Waals surface area contributed by atoms with Crippen molar-refractivity contribution in [3.8, 4) is 5.75 Å². The van der Waals surface area contributed by atoms with E-state index < -0.39 is 0 Å². The van der Waals surface area contributed by atoms with Crippen molar-refractivity contribution in [2.45, 2.75) is 6.42 Å². The average Bonchev–Trinajstić information content (AvgIpc) is 2.58. The first-order chi connectivity index (χ1) is 11.2. The Morgan fingerprint density at radius 2 is 2.04 bits per heavy atom. The number of aliphatic imine (C=N–C) groups is 1. The van der Waals surface area contributed by atoms with Crippen molar-refractivity contribution in [3.63, 3.8) is 0 Å². The van der Waals surface area contributed by atoms with Crippen molar-refractivity contribution in [1.82, 2.24) is 10.2 Å². The largest absolute Gasteiger partial charge is 0.492 e. The monoisotopic (exact) mass is 340 g/mol. The maximum Gasteiger partial charge on any atom is 0.188 e. The lowest BCUT2D eigenvalue weighted by atomic mass is 10.3. The third kappa shape index (κ3) is 7.54. The molecule has 1 aromatic carbocycles. The SMILES string of the molecule is NC(=NCCCN1CCOCC1)NCCOc1ccc(Cl)cc1. The van der Waals surface area contributed by atoms with E-state index in [-0.39, 0.29) is 0 Å². The van der Waals surface area contributed by atoms with Gasteiger partial charge in [0.2, 0.25) is 0 Å². The highest BCUT2D eigenvalue weighted by Gasteiger charge is 2.08. The normalized spacial score (nSPS) is 16.3. The molecule has 1 aliphatic heterocycles. The highest BCUT2D eigenvalue weighted by Crippen LogP contribution is 2.14. The number of benzene rings is 1. The number of nitrogens with zero attached hydrogens (tertiary/aromatic N) is 2. The molecule has 0 aliphatic carbocycles. The summed E-state index contributed by atoms with van der Waals surface area (Å²) in [4.78, 5) is 6.71. The molecule has 0 unspecified atom stereocenters. The first-order valence-corrected chi connectivity index (χ1v) is 8.34. The van der Waals surface area contributed by atoms with Gasteiger partial charge in [0.15, 0.2) is 5.96 Å². The van der Waals surface area contributed by atoms with Crippen LogP contribution in [0, 0.1) is 0 Å². The fourth-order valence-corrected chi connectivity index (χ4v) is 2.38. The Hall–Kier alpha value is -1.50. The van der Waals surface area contributed by atoms with E-state index in [1.54, 1.807) is 12.1 Å². The third-order valence-electron chi connectivity index (χ3n) is 3.51. The van der Waals surface area contributed by atoms with Gasteiger partial charge in [-0.2, -0.15) is 0 Å². The number of nitrogens with one attached hydrogen (secondary N) is 1. The summed E-state index contributed by atoms with van der Waals surface area (Å²) in [5.74, 6) is 1.25. The molecule has 1 fully saturated rings. The summed E-state index contributed by atoms with van der Waals surface area (Å²) in [5, 5.41) is 3.74. The number of ether oxygens (including phenoxy) is 2. The smallest absolute Gasteiger partial charge is 0.188 e. The molecule has 7 heteroatoms. The van der Waals surface area contributed by atoms with Crippen LogP contribution in [0.4, 0.5) is 0 Å². The number of nitrogens with two attached hydrogens (primary N) is 1. The van der Waals surface area contributed by atoms with Gasteiger partial charge in [0.1, 0.15) is 12.4 Å². The van der Waals surface area contributed by atoms with Crippen LogP contribution in [0.1, 0.15) is 6.42 Å². The zero-order chi connectivity index (χ0) is 16.3. The number of halogens is 1. The third-order valence-corrected chi connectivity index (χ3v) is 3.76. The zero-order valence-electron chi connectivity index (χ0n) is 13.3. The minimum Gasteiger partial charge on any atom is -0.492 e. The van der Waals surface area contributed by atoms with Gasteiger partial charge in [-0.05, 0) is 30.7 Å². The summed E-state index contributed by atoms with van der Waals surface area (Å²) in [6, 6.07) is 7.28. The number of rotatable bonds is 8. The highest BCUT2D eigenvalue weighted by atomic mass is 35.5. The maximum atomic E-state index is 5.82. The van der Waals surface area contributed by atoms with Crippen molar-refractivity contribution >= 4 is 17.6 Å². The first kappa shape index (κ1) is 17.8. The summed E-state index contributed by atoms with van der Waals surface area (Å²) < 4.78 is 10.9. The van der Waals surface area contributed by atoms with Gasteiger partial charge in [-0.3, -0.25) is 9.89 Å². The summed E-state index contributed by atoms with van der Waals surface area (Å²) in [5.41, 5.74) is 5.82. The molecule has 128 valence electrons. The molecule has 3 N–H and O–H groups in total. The van der Waals surface area contributed by atoms with E-state index in [2.05, 4.69) is 15.2 Å². The Balaban J connectivity index is 1.51. The van der Waals surface area contributed by atoms with E-state index in [9.17, 15) is 0 Å². The van der Waals surface area contributed by atoms with Gasteiger partial charge in [0.05, 0.1) is 19.8 Å². The molecule has 1 heterocycles. The van der Waals surface area contributed by atoms with Gasteiger partial charge in [0, 0.05) is 31.2 Å². The second-order valence-corrected chi connectivity index (χ2v) is 5.74. The molecule has 0 bridgehead atoms. The number of hydrogen-bond acceptors (Lipinski definition) is 4. The second kappa shape index (κ2) is 10.3. The highest BCUT2D eigenvalue weighted by molar-refractivity contribution is 6.30. The van der Waals surface area contributed by atoms with Crippen LogP contribution in [0.2, 0.25) is 5.02 Å². The van der Waals surface area contributed by atoms with Crippen molar-refractivity contribution in [1.29, 1.82) is 0 Å². The van der Waals surface area contributed by atoms with E-state index >= 15 is 0 Å². The van der Waals surface area contributed by atoms with Crippen LogP contribution in [0.3, 0.4) is 0 Å². The molecular formula is C16H25ClN4O2. The Bertz CT molecular complexity index is 475. The van der Waals surface area contributed by atoms with Gasteiger partial charge in [0.25, 0.3) is 0 Å². The fourth-order valence-electron chi connectivity index (χ4n) is 2.25. The van der Waals surface area contributed by atoms with Crippen LogP contribution >= 0.6 is 11.6 Å². The van der Waals surface area contributed by atoms with Gasteiger partial charge in [-0.15, -0.1) is 0 Å². The van der Waals surface area contributed by atoms with Gasteiger partial charge in [-0.25, -0.2) is 0 Å². The van der Waals surface area contributed by atoms with Crippen molar-refractivity contribution in [2.75, 3.05) is 52.5 Å². The number of hydrogen-bond donors (Lipinski definition) is 2. The molecule has 0 saturated carbocycles. The number of morpholine rings is 1. The molecule has 0 aromatic heterocycles. The Morgan fingerprint density at radius 1 is 1.30 bits per heavy atom. The quantitative estimate of drug-likeness (QED) is 0.424. The lowest BCUT2D eigenvalue weighted by Crippen LogP contribution is -2.37. The maximum absolute atomic E-state index is 5.82. The van der Waals surface area contributed by atoms with Gasteiger partial charge < -0.3 is 20.5 Å². The fraction of sp³-hybridized carbons (Fsp3) is 0.562. The van der Waals surface area contributed by atoms with Crippen LogP contribution in [-0.4, -0.2) is 63.4 Å². The molecule has 0 spiro atoms. The topological polar surface area (TPSA) is 72.1 Å². The molecule has 0 radical (unpaired) electrons. The molecule has 6 nitrogen and oxygen atoms in total. The zero-order valence-corrected chi connectivity index (χ0v) is 14.1. The predicted molar refractivity (Wildman–Crippen MR) is 93.3 cm³/mol. The predicted octanol–water partition coefficient (Wildman–Crippen LogP) is 1.35. The minimum atomic E-state index is 0.465. The van der Waals surface area contributed by atoms with Gasteiger partial charge >= 0.3 is 0 Å². The number of guanidine groups is 1. The van der Waals surface area contributed by atoms with E-state index in [0.29, 0.717) is 24.1 Å². The summed E-state index contributed by atoms with van der Waals surface area (Å²) >= 11 is 5.82. The summed E-state index contributed by atoms with van der Waals surface area (Å²) in [6.07, 6.45) is 1.00.